The van der Waals surface area contributed by atoms with Crippen LogP contribution in [0.1, 0.15) is 96.0 Å². The Hall–Kier alpha value is -1.05. The van der Waals surface area contributed by atoms with Gasteiger partial charge in [0.1, 0.15) is 0 Å². The van der Waals surface area contributed by atoms with Crippen molar-refractivity contribution in [1.29, 1.82) is 0 Å². The molecule has 0 radical (unpaired) electrons. The minimum Gasteiger partial charge on any atom is -0.505 e. The zero-order valence-corrected chi connectivity index (χ0v) is 16.7. The van der Waals surface area contributed by atoms with E-state index < -0.39 is 5.82 Å². The number of phenolic OH excluding ortho intramolecular Hbond substituents is 1. The van der Waals surface area contributed by atoms with Gasteiger partial charge in [-0.3, -0.25) is 0 Å². The molecule has 2 heteroatoms. The Balaban J connectivity index is 1.42. The van der Waals surface area contributed by atoms with E-state index in [1.807, 2.05) is 6.07 Å². The first kappa shape index (κ1) is 19.7. The van der Waals surface area contributed by atoms with Crippen molar-refractivity contribution in [2.24, 2.45) is 23.7 Å². The van der Waals surface area contributed by atoms with Crippen molar-refractivity contribution >= 4 is 0 Å². The highest BCUT2D eigenvalue weighted by Gasteiger charge is 2.31. The molecule has 0 bridgehead atoms. The fraction of sp³-hybridized carbons (Fsp3) is 0.750. The van der Waals surface area contributed by atoms with Crippen LogP contribution in [0.4, 0.5) is 4.39 Å². The Morgan fingerprint density at radius 3 is 2.19 bits per heavy atom. The first-order valence-electron chi connectivity index (χ1n) is 11.0. The van der Waals surface area contributed by atoms with E-state index in [2.05, 4.69) is 13.8 Å². The summed E-state index contributed by atoms with van der Waals surface area (Å²) < 4.78 is 13.6. The van der Waals surface area contributed by atoms with E-state index in [0.29, 0.717) is 5.92 Å². The van der Waals surface area contributed by atoms with Gasteiger partial charge in [0.25, 0.3) is 0 Å². The smallest absolute Gasteiger partial charge is 0.165 e. The van der Waals surface area contributed by atoms with Gasteiger partial charge in [0.2, 0.25) is 0 Å². The SMILES string of the molecule is CC[C@H](C)CCC1CCC(C2CCC(c3ccc(O)c(F)c3)CC2)CC1. The number of hydrogen-bond donors (Lipinski definition) is 1. The molecule has 1 atom stereocenters. The summed E-state index contributed by atoms with van der Waals surface area (Å²) in [6, 6.07) is 4.96. The standard InChI is InChI=1S/C24H37FO/c1-3-17(2)4-5-18-6-8-19(9-7-18)20-10-12-21(13-11-20)22-14-15-24(26)23(25)16-22/h14-21,26H,3-13H2,1-2H3/t17-,18?,19?,20?,21?/m0/s1. The number of rotatable bonds is 6. The molecule has 146 valence electrons. The molecule has 1 N–H and O–H groups in total. The van der Waals surface area contributed by atoms with Gasteiger partial charge in [-0.25, -0.2) is 4.39 Å². The molecule has 1 aromatic rings. The van der Waals surface area contributed by atoms with Crippen LogP contribution in [0.2, 0.25) is 0 Å². The molecular formula is C24H37FO. The highest BCUT2D eigenvalue weighted by molar-refractivity contribution is 5.30. The zero-order chi connectivity index (χ0) is 18.5. The van der Waals surface area contributed by atoms with Gasteiger partial charge in [0, 0.05) is 0 Å². The third kappa shape index (κ3) is 5.02. The van der Waals surface area contributed by atoms with Gasteiger partial charge in [-0.2, -0.15) is 0 Å². The Labute approximate surface area is 159 Å². The van der Waals surface area contributed by atoms with Crippen molar-refractivity contribution in [3.8, 4) is 5.75 Å². The minimum atomic E-state index is -0.472. The Bertz CT molecular complexity index is 553. The normalized spacial score (nSPS) is 30.9. The Kier molecular flexibility index (Phi) is 7.00. The van der Waals surface area contributed by atoms with Gasteiger partial charge in [-0.1, -0.05) is 52.0 Å². The molecule has 0 aromatic heterocycles. The maximum Gasteiger partial charge on any atom is 0.165 e. The van der Waals surface area contributed by atoms with Crippen LogP contribution in [0.25, 0.3) is 0 Å². The predicted molar refractivity (Wildman–Crippen MR) is 107 cm³/mol. The van der Waals surface area contributed by atoms with Gasteiger partial charge < -0.3 is 5.11 Å². The third-order valence-corrected chi connectivity index (χ3v) is 7.54. The Morgan fingerprint density at radius 2 is 1.62 bits per heavy atom. The lowest BCUT2D eigenvalue weighted by molar-refractivity contribution is 0.153. The van der Waals surface area contributed by atoms with Crippen LogP contribution in [0.5, 0.6) is 5.75 Å². The largest absolute Gasteiger partial charge is 0.505 e. The second-order valence-corrected chi connectivity index (χ2v) is 9.19. The van der Waals surface area contributed by atoms with E-state index in [0.717, 1.165) is 29.2 Å². The van der Waals surface area contributed by atoms with E-state index in [1.165, 1.54) is 76.7 Å². The van der Waals surface area contributed by atoms with Crippen LogP contribution < -0.4 is 0 Å². The van der Waals surface area contributed by atoms with E-state index in [4.69, 9.17) is 0 Å². The van der Waals surface area contributed by atoms with E-state index in [1.54, 1.807) is 6.07 Å². The first-order chi connectivity index (χ1) is 12.6. The summed E-state index contributed by atoms with van der Waals surface area (Å²) in [6.45, 7) is 4.70. The molecule has 26 heavy (non-hydrogen) atoms. The van der Waals surface area contributed by atoms with Crippen molar-refractivity contribution in [2.45, 2.75) is 90.4 Å². The maximum atomic E-state index is 13.6. The maximum absolute atomic E-state index is 13.6. The van der Waals surface area contributed by atoms with Gasteiger partial charge in [-0.05, 0) is 85.8 Å². The van der Waals surface area contributed by atoms with Gasteiger partial charge >= 0.3 is 0 Å². The van der Waals surface area contributed by atoms with Crippen molar-refractivity contribution in [1.82, 2.24) is 0 Å². The molecule has 2 fully saturated rings. The lowest BCUT2D eigenvalue weighted by atomic mass is 9.68. The molecule has 2 aliphatic rings. The fourth-order valence-corrected chi connectivity index (χ4v) is 5.37. The highest BCUT2D eigenvalue weighted by atomic mass is 19.1. The molecule has 1 nitrogen and oxygen atoms in total. The van der Waals surface area contributed by atoms with E-state index in [9.17, 15) is 9.50 Å². The van der Waals surface area contributed by atoms with Gasteiger partial charge in [0.15, 0.2) is 11.6 Å². The molecule has 0 saturated heterocycles. The monoisotopic (exact) mass is 360 g/mol. The van der Waals surface area contributed by atoms with Crippen molar-refractivity contribution in [2.75, 3.05) is 0 Å². The molecule has 0 heterocycles. The molecule has 0 unspecified atom stereocenters. The van der Waals surface area contributed by atoms with Crippen LogP contribution in [-0.4, -0.2) is 5.11 Å². The number of aromatic hydroxyl groups is 1. The van der Waals surface area contributed by atoms with Crippen LogP contribution in [-0.2, 0) is 0 Å². The summed E-state index contributed by atoms with van der Waals surface area (Å²) >= 11 is 0. The first-order valence-corrected chi connectivity index (χ1v) is 11.0. The molecule has 0 spiro atoms. The zero-order valence-electron chi connectivity index (χ0n) is 16.7. The number of phenols is 1. The van der Waals surface area contributed by atoms with Crippen molar-refractivity contribution < 1.29 is 9.50 Å². The summed E-state index contributed by atoms with van der Waals surface area (Å²) in [4.78, 5) is 0. The van der Waals surface area contributed by atoms with Crippen molar-refractivity contribution in [3.63, 3.8) is 0 Å². The molecular weight excluding hydrogens is 323 g/mol. The minimum absolute atomic E-state index is 0.229. The second kappa shape index (κ2) is 9.24. The summed E-state index contributed by atoms with van der Waals surface area (Å²) in [7, 11) is 0. The van der Waals surface area contributed by atoms with Crippen LogP contribution in [0, 0.1) is 29.5 Å². The van der Waals surface area contributed by atoms with Gasteiger partial charge in [-0.15, -0.1) is 0 Å². The summed E-state index contributed by atoms with van der Waals surface area (Å²) in [6.07, 6.45) is 14.9. The molecule has 0 aliphatic heterocycles. The number of benzene rings is 1. The van der Waals surface area contributed by atoms with E-state index in [-0.39, 0.29) is 5.75 Å². The lowest BCUT2D eigenvalue weighted by Gasteiger charge is -2.38. The highest BCUT2D eigenvalue weighted by Crippen LogP contribution is 2.44. The molecule has 2 saturated carbocycles. The van der Waals surface area contributed by atoms with Crippen LogP contribution in [0.15, 0.2) is 18.2 Å². The number of hydrogen-bond acceptors (Lipinski definition) is 1. The molecule has 1 aromatic carbocycles. The summed E-state index contributed by atoms with van der Waals surface area (Å²) in [5.41, 5.74) is 1.08. The quantitative estimate of drug-likeness (QED) is 0.559. The lowest BCUT2D eigenvalue weighted by Crippen LogP contribution is -2.25. The van der Waals surface area contributed by atoms with Crippen LogP contribution >= 0.6 is 0 Å². The fourth-order valence-electron chi connectivity index (χ4n) is 5.37. The Morgan fingerprint density at radius 1 is 1.00 bits per heavy atom. The average molecular weight is 361 g/mol. The summed E-state index contributed by atoms with van der Waals surface area (Å²) in [5.74, 6) is 3.49. The molecule has 0 amide bonds. The topological polar surface area (TPSA) is 20.2 Å². The average Bonchev–Trinajstić information content (AvgIpc) is 2.69. The van der Waals surface area contributed by atoms with Gasteiger partial charge in [0.05, 0.1) is 0 Å². The van der Waals surface area contributed by atoms with Crippen LogP contribution in [0.3, 0.4) is 0 Å². The molecule has 3 rings (SSSR count). The van der Waals surface area contributed by atoms with Crippen molar-refractivity contribution in [3.05, 3.63) is 29.6 Å². The predicted octanol–water partition coefficient (Wildman–Crippen LogP) is 7.44. The molecule has 2 aliphatic carbocycles. The van der Waals surface area contributed by atoms with E-state index >= 15 is 0 Å². The number of halogens is 1. The second-order valence-electron chi connectivity index (χ2n) is 9.19. The third-order valence-electron chi connectivity index (χ3n) is 7.54. The summed E-state index contributed by atoms with van der Waals surface area (Å²) in [5, 5.41) is 9.38.